The maximum absolute atomic E-state index is 5.92. The van der Waals surface area contributed by atoms with E-state index >= 15 is 0 Å². The van der Waals surface area contributed by atoms with Crippen LogP contribution in [0.25, 0.3) is 0 Å². The SMILES string of the molecule is COC(CN(C)Cc1cccc(Cl)c1)OC. The van der Waals surface area contributed by atoms with Crippen LogP contribution < -0.4 is 0 Å². The van der Waals surface area contributed by atoms with E-state index in [2.05, 4.69) is 11.0 Å². The van der Waals surface area contributed by atoms with E-state index in [9.17, 15) is 0 Å². The summed E-state index contributed by atoms with van der Waals surface area (Å²) < 4.78 is 10.3. The molecule has 0 bridgehead atoms. The van der Waals surface area contributed by atoms with Gasteiger partial charge in [0.25, 0.3) is 0 Å². The Morgan fingerprint density at radius 1 is 1.31 bits per heavy atom. The van der Waals surface area contributed by atoms with Gasteiger partial charge in [0.1, 0.15) is 0 Å². The number of rotatable bonds is 6. The molecule has 1 aromatic carbocycles. The average molecular weight is 244 g/mol. The standard InChI is InChI=1S/C12H18ClNO2/c1-14(9-12(15-2)16-3)8-10-5-4-6-11(13)7-10/h4-7,12H,8-9H2,1-3H3. The Morgan fingerprint density at radius 2 is 2.00 bits per heavy atom. The minimum absolute atomic E-state index is 0.191. The fourth-order valence-corrected chi connectivity index (χ4v) is 1.72. The molecule has 0 spiro atoms. The molecule has 0 saturated heterocycles. The summed E-state index contributed by atoms with van der Waals surface area (Å²) >= 11 is 5.92. The summed E-state index contributed by atoms with van der Waals surface area (Å²) in [6.07, 6.45) is -0.191. The van der Waals surface area contributed by atoms with Crippen molar-refractivity contribution in [2.75, 3.05) is 27.8 Å². The first-order chi connectivity index (χ1) is 7.65. The molecule has 0 atom stereocenters. The van der Waals surface area contributed by atoms with E-state index in [0.717, 1.165) is 18.1 Å². The van der Waals surface area contributed by atoms with Gasteiger partial charge in [-0.25, -0.2) is 0 Å². The fraction of sp³-hybridized carbons (Fsp3) is 0.500. The third-order valence-corrected chi connectivity index (χ3v) is 2.56. The van der Waals surface area contributed by atoms with Crippen molar-refractivity contribution in [3.8, 4) is 0 Å². The summed E-state index contributed by atoms with van der Waals surface area (Å²) in [7, 11) is 5.30. The van der Waals surface area contributed by atoms with E-state index in [1.54, 1.807) is 14.2 Å². The maximum Gasteiger partial charge on any atom is 0.169 e. The van der Waals surface area contributed by atoms with Gasteiger partial charge in [-0.05, 0) is 24.7 Å². The summed E-state index contributed by atoms with van der Waals surface area (Å²) in [4.78, 5) is 2.13. The Hall–Kier alpha value is -0.610. The molecule has 0 unspecified atom stereocenters. The largest absolute Gasteiger partial charge is 0.355 e. The highest BCUT2D eigenvalue weighted by molar-refractivity contribution is 6.30. The second-order valence-electron chi connectivity index (χ2n) is 3.73. The highest BCUT2D eigenvalue weighted by Gasteiger charge is 2.09. The van der Waals surface area contributed by atoms with Crippen molar-refractivity contribution in [1.82, 2.24) is 4.90 Å². The normalized spacial score (nSPS) is 11.4. The number of halogens is 1. The number of hydrogen-bond acceptors (Lipinski definition) is 3. The molecule has 0 radical (unpaired) electrons. The van der Waals surface area contributed by atoms with E-state index in [-0.39, 0.29) is 6.29 Å². The lowest BCUT2D eigenvalue weighted by atomic mass is 10.2. The van der Waals surface area contributed by atoms with Gasteiger partial charge in [0.05, 0.1) is 0 Å². The van der Waals surface area contributed by atoms with Crippen molar-refractivity contribution in [3.63, 3.8) is 0 Å². The minimum atomic E-state index is -0.191. The lowest BCUT2D eigenvalue weighted by Gasteiger charge is -2.22. The van der Waals surface area contributed by atoms with Crippen LogP contribution in [0.5, 0.6) is 0 Å². The zero-order valence-electron chi connectivity index (χ0n) is 9.94. The molecule has 4 heteroatoms. The first-order valence-electron chi connectivity index (χ1n) is 5.14. The zero-order chi connectivity index (χ0) is 12.0. The van der Waals surface area contributed by atoms with Crippen molar-refractivity contribution >= 4 is 11.6 Å². The van der Waals surface area contributed by atoms with Crippen molar-refractivity contribution in [3.05, 3.63) is 34.9 Å². The van der Waals surface area contributed by atoms with Crippen molar-refractivity contribution < 1.29 is 9.47 Å². The summed E-state index contributed by atoms with van der Waals surface area (Å²) in [5, 5.41) is 0.765. The van der Waals surface area contributed by atoms with E-state index in [4.69, 9.17) is 21.1 Å². The number of hydrogen-bond donors (Lipinski definition) is 0. The topological polar surface area (TPSA) is 21.7 Å². The van der Waals surface area contributed by atoms with Crippen LogP contribution >= 0.6 is 11.6 Å². The molecule has 0 aromatic heterocycles. The molecule has 0 N–H and O–H groups in total. The van der Waals surface area contributed by atoms with E-state index in [1.807, 2.05) is 25.2 Å². The van der Waals surface area contributed by atoms with Crippen molar-refractivity contribution in [2.45, 2.75) is 12.8 Å². The minimum Gasteiger partial charge on any atom is -0.355 e. The van der Waals surface area contributed by atoms with Gasteiger partial charge in [0, 0.05) is 32.3 Å². The summed E-state index contributed by atoms with van der Waals surface area (Å²) in [6, 6.07) is 7.84. The molecule has 0 fully saturated rings. The third-order valence-electron chi connectivity index (χ3n) is 2.33. The van der Waals surface area contributed by atoms with Gasteiger partial charge >= 0.3 is 0 Å². The molecule has 0 aliphatic rings. The first-order valence-corrected chi connectivity index (χ1v) is 5.52. The second-order valence-corrected chi connectivity index (χ2v) is 4.16. The van der Waals surface area contributed by atoms with Crippen LogP contribution in [0.3, 0.4) is 0 Å². The van der Waals surface area contributed by atoms with Gasteiger partial charge in [0.2, 0.25) is 0 Å². The van der Waals surface area contributed by atoms with Crippen molar-refractivity contribution in [2.24, 2.45) is 0 Å². The lowest BCUT2D eigenvalue weighted by Crippen LogP contribution is -2.31. The van der Waals surface area contributed by atoms with Crippen LogP contribution in [0.4, 0.5) is 0 Å². The number of benzene rings is 1. The molecule has 1 aromatic rings. The van der Waals surface area contributed by atoms with E-state index < -0.39 is 0 Å². The van der Waals surface area contributed by atoms with Gasteiger partial charge in [-0.1, -0.05) is 23.7 Å². The molecule has 0 aliphatic carbocycles. The monoisotopic (exact) mass is 243 g/mol. The Morgan fingerprint density at radius 3 is 2.56 bits per heavy atom. The van der Waals surface area contributed by atoms with E-state index in [0.29, 0.717) is 0 Å². The number of nitrogens with zero attached hydrogens (tertiary/aromatic N) is 1. The van der Waals surface area contributed by atoms with Gasteiger partial charge in [-0.15, -0.1) is 0 Å². The molecule has 90 valence electrons. The van der Waals surface area contributed by atoms with Gasteiger partial charge in [-0.2, -0.15) is 0 Å². The molecule has 0 amide bonds. The Labute approximate surface area is 102 Å². The summed E-state index contributed by atoms with van der Waals surface area (Å²) in [5.74, 6) is 0. The maximum atomic E-state index is 5.92. The molecule has 1 rings (SSSR count). The second kappa shape index (κ2) is 6.86. The predicted octanol–water partition coefficient (Wildman–Crippen LogP) is 2.39. The Kier molecular flexibility index (Phi) is 5.77. The van der Waals surface area contributed by atoms with Gasteiger partial charge in [-0.3, -0.25) is 4.90 Å². The number of likely N-dealkylation sites (N-methyl/N-ethyl adjacent to an activating group) is 1. The summed E-state index contributed by atoms with van der Waals surface area (Å²) in [5.41, 5.74) is 1.18. The van der Waals surface area contributed by atoms with Crippen molar-refractivity contribution in [1.29, 1.82) is 0 Å². The third kappa shape index (κ3) is 4.49. The average Bonchev–Trinajstić information content (AvgIpc) is 2.26. The van der Waals surface area contributed by atoms with Crippen LogP contribution in [0.2, 0.25) is 5.02 Å². The van der Waals surface area contributed by atoms with E-state index in [1.165, 1.54) is 5.56 Å². The molecular formula is C12H18ClNO2. The molecule has 0 aliphatic heterocycles. The Balaban J connectivity index is 2.47. The van der Waals surface area contributed by atoms with Gasteiger partial charge < -0.3 is 9.47 Å². The molecule has 0 heterocycles. The summed E-state index contributed by atoms with van der Waals surface area (Å²) in [6.45, 7) is 1.54. The molecular weight excluding hydrogens is 226 g/mol. The van der Waals surface area contributed by atoms with Crippen LogP contribution in [-0.2, 0) is 16.0 Å². The lowest BCUT2D eigenvalue weighted by molar-refractivity contribution is -0.114. The Bertz CT molecular complexity index is 316. The number of methoxy groups -OCH3 is 2. The zero-order valence-corrected chi connectivity index (χ0v) is 10.7. The highest BCUT2D eigenvalue weighted by atomic mass is 35.5. The predicted molar refractivity (Wildman–Crippen MR) is 65.6 cm³/mol. The fourth-order valence-electron chi connectivity index (χ4n) is 1.51. The quantitative estimate of drug-likeness (QED) is 0.717. The highest BCUT2D eigenvalue weighted by Crippen LogP contribution is 2.12. The molecule has 16 heavy (non-hydrogen) atoms. The van der Waals surface area contributed by atoms with Gasteiger partial charge in [0.15, 0.2) is 6.29 Å². The van der Waals surface area contributed by atoms with Crippen LogP contribution in [0.1, 0.15) is 5.56 Å². The van der Waals surface area contributed by atoms with Crippen LogP contribution in [0.15, 0.2) is 24.3 Å². The van der Waals surface area contributed by atoms with Crippen LogP contribution in [-0.4, -0.2) is 39.0 Å². The first kappa shape index (κ1) is 13.5. The number of ether oxygens (including phenoxy) is 2. The molecule has 3 nitrogen and oxygen atoms in total. The van der Waals surface area contributed by atoms with Crippen LogP contribution in [0, 0.1) is 0 Å². The smallest absolute Gasteiger partial charge is 0.169 e. The molecule has 0 saturated carbocycles.